The van der Waals surface area contributed by atoms with E-state index in [1.807, 2.05) is 9.80 Å². The fraction of sp³-hybridized carbons (Fsp3) is 0.833. The smallest absolute Gasteiger partial charge is 0.245 e. The van der Waals surface area contributed by atoms with Gasteiger partial charge < -0.3 is 14.7 Å². The Morgan fingerprint density at radius 1 is 0.833 bits per heavy atom. The van der Waals surface area contributed by atoms with Gasteiger partial charge in [0, 0.05) is 46.6 Å². The van der Waals surface area contributed by atoms with Crippen LogP contribution in [-0.2, 0) is 14.4 Å². The Morgan fingerprint density at radius 2 is 1.54 bits per heavy atom. The first-order valence-electron chi connectivity index (χ1n) is 9.23. The van der Waals surface area contributed by atoms with Crippen molar-refractivity contribution < 1.29 is 14.4 Å². The molecule has 0 aromatic carbocycles. The molecule has 3 rings (SSSR count). The van der Waals surface area contributed by atoms with E-state index in [9.17, 15) is 14.4 Å². The Labute approximate surface area is 144 Å². The molecular formula is C18H29N3O3. The number of carbonyl (C=O) groups excluding carboxylic acids is 3. The summed E-state index contributed by atoms with van der Waals surface area (Å²) in [6.45, 7) is 7.10. The van der Waals surface area contributed by atoms with Crippen molar-refractivity contribution in [1.29, 1.82) is 0 Å². The molecule has 0 N–H and O–H groups in total. The van der Waals surface area contributed by atoms with Gasteiger partial charge in [0.1, 0.15) is 6.04 Å². The van der Waals surface area contributed by atoms with Crippen LogP contribution in [0.1, 0.15) is 52.4 Å². The molecule has 0 aliphatic carbocycles. The van der Waals surface area contributed by atoms with Crippen LogP contribution in [0.2, 0.25) is 0 Å². The summed E-state index contributed by atoms with van der Waals surface area (Å²) in [7, 11) is 0. The second-order valence-corrected chi connectivity index (χ2v) is 7.74. The molecule has 1 spiro atoms. The Balaban J connectivity index is 1.64. The van der Waals surface area contributed by atoms with Gasteiger partial charge in [-0.2, -0.15) is 0 Å². The second kappa shape index (κ2) is 6.73. The predicted octanol–water partition coefficient (Wildman–Crippen LogP) is 1.25. The van der Waals surface area contributed by atoms with Gasteiger partial charge in [-0.3, -0.25) is 14.4 Å². The summed E-state index contributed by atoms with van der Waals surface area (Å²) in [5.41, 5.74) is 0.166. The van der Waals surface area contributed by atoms with Gasteiger partial charge in [0.05, 0.1) is 0 Å². The number of hydrogen-bond donors (Lipinski definition) is 0. The third-order valence-electron chi connectivity index (χ3n) is 6.18. The first kappa shape index (κ1) is 17.2. The zero-order valence-corrected chi connectivity index (χ0v) is 14.9. The minimum atomic E-state index is -0.255. The van der Waals surface area contributed by atoms with Crippen molar-refractivity contribution in [3.63, 3.8) is 0 Å². The minimum absolute atomic E-state index is 0.00680. The van der Waals surface area contributed by atoms with E-state index in [0.29, 0.717) is 6.54 Å². The fourth-order valence-electron chi connectivity index (χ4n) is 4.71. The number of hydrogen-bond acceptors (Lipinski definition) is 3. The molecule has 3 aliphatic heterocycles. The molecule has 3 saturated heterocycles. The summed E-state index contributed by atoms with van der Waals surface area (Å²) in [4.78, 5) is 41.9. The molecule has 0 saturated carbocycles. The van der Waals surface area contributed by atoms with E-state index in [1.54, 1.807) is 18.7 Å². The lowest BCUT2D eigenvalue weighted by Gasteiger charge is -2.48. The summed E-state index contributed by atoms with van der Waals surface area (Å²) in [5, 5.41) is 0. The third kappa shape index (κ3) is 3.28. The van der Waals surface area contributed by atoms with Gasteiger partial charge >= 0.3 is 0 Å². The van der Waals surface area contributed by atoms with Crippen LogP contribution in [0.25, 0.3) is 0 Å². The SMILES string of the molecule is CC(=O)N1CCC2(CCCN(C(=O)[C@H]3CCCN3C(C)=O)C2)CC1. The van der Waals surface area contributed by atoms with Crippen LogP contribution in [0.5, 0.6) is 0 Å². The van der Waals surface area contributed by atoms with Crippen LogP contribution in [0, 0.1) is 5.41 Å². The van der Waals surface area contributed by atoms with Crippen LogP contribution in [0.3, 0.4) is 0 Å². The molecule has 6 heteroatoms. The molecule has 6 nitrogen and oxygen atoms in total. The Kier molecular flexibility index (Phi) is 4.83. The highest BCUT2D eigenvalue weighted by atomic mass is 16.2. The largest absolute Gasteiger partial charge is 0.343 e. The van der Waals surface area contributed by atoms with E-state index in [2.05, 4.69) is 0 Å². The Morgan fingerprint density at radius 3 is 2.17 bits per heavy atom. The first-order chi connectivity index (χ1) is 11.4. The first-order valence-corrected chi connectivity index (χ1v) is 9.23. The quantitative estimate of drug-likeness (QED) is 0.724. The van der Waals surface area contributed by atoms with E-state index >= 15 is 0 Å². The van der Waals surface area contributed by atoms with E-state index in [1.165, 1.54) is 0 Å². The average Bonchev–Trinajstić information content (AvgIpc) is 3.04. The van der Waals surface area contributed by atoms with Crippen LogP contribution in [0.15, 0.2) is 0 Å². The molecule has 3 amide bonds. The average molecular weight is 335 g/mol. The molecule has 134 valence electrons. The van der Waals surface area contributed by atoms with E-state index in [-0.39, 0.29) is 29.2 Å². The van der Waals surface area contributed by atoms with Gasteiger partial charge in [0.15, 0.2) is 0 Å². The second-order valence-electron chi connectivity index (χ2n) is 7.74. The lowest BCUT2D eigenvalue weighted by atomic mass is 9.72. The van der Waals surface area contributed by atoms with Crippen LogP contribution >= 0.6 is 0 Å². The maximum Gasteiger partial charge on any atom is 0.245 e. The Bertz CT molecular complexity index is 526. The van der Waals surface area contributed by atoms with Crippen LogP contribution in [-0.4, -0.2) is 71.2 Å². The summed E-state index contributed by atoms with van der Waals surface area (Å²) in [6.07, 6.45) is 5.85. The van der Waals surface area contributed by atoms with Crippen LogP contribution in [0.4, 0.5) is 0 Å². The zero-order chi connectivity index (χ0) is 17.3. The molecule has 0 aromatic rings. The summed E-state index contributed by atoms with van der Waals surface area (Å²) < 4.78 is 0. The highest BCUT2D eigenvalue weighted by Gasteiger charge is 2.43. The van der Waals surface area contributed by atoms with Gasteiger partial charge in [-0.05, 0) is 43.9 Å². The zero-order valence-electron chi connectivity index (χ0n) is 14.9. The van der Waals surface area contributed by atoms with Crippen molar-refractivity contribution in [2.45, 2.75) is 58.4 Å². The Hall–Kier alpha value is -1.59. The normalized spacial score (nSPS) is 26.8. The summed E-state index contributed by atoms with van der Waals surface area (Å²) >= 11 is 0. The molecule has 24 heavy (non-hydrogen) atoms. The molecule has 1 atom stereocenters. The van der Waals surface area contributed by atoms with Crippen molar-refractivity contribution in [2.24, 2.45) is 5.41 Å². The molecule has 0 aromatic heterocycles. The molecule has 0 radical (unpaired) electrons. The number of piperidine rings is 2. The molecular weight excluding hydrogens is 306 g/mol. The van der Waals surface area contributed by atoms with Gasteiger partial charge in [-0.1, -0.05) is 0 Å². The number of amides is 3. The number of nitrogens with zero attached hydrogens (tertiary/aromatic N) is 3. The number of carbonyl (C=O) groups is 3. The highest BCUT2D eigenvalue weighted by molar-refractivity contribution is 5.87. The lowest BCUT2D eigenvalue weighted by molar-refractivity contribution is -0.146. The third-order valence-corrected chi connectivity index (χ3v) is 6.18. The van der Waals surface area contributed by atoms with E-state index in [0.717, 1.165) is 64.7 Å². The topological polar surface area (TPSA) is 60.9 Å². The lowest BCUT2D eigenvalue weighted by Crippen LogP contribution is -2.55. The van der Waals surface area contributed by atoms with E-state index in [4.69, 9.17) is 0 Å². The molecule has 3 aliphatic rings. The van der Waals surface area contributed by atoms with Gasteiger partial charge in [0.2, 0.25) is 17.7 Å². The summed E-state index contributed by atoms with van der Waals surface area (Å²) in [5.74, 6) is 0.291. The van der Waals surface area contributed by atoms with Crippen molar-refractivity contribution in [3.8, 4) is 0 Å². The molecule has 3 heterocycles. The molecule has 0 unspecified atom stereocenters. The maximum absolute atomic E-state index is 13.0. The highest BCUT2D eigenvalue weighted by Crippen LogP contribution is 2.40. The standard InChI is InChI=1S/C18H29N3O3/c1-14(22)19-11-7-18(8-12-19)6-4-9-20(13-18)17(24)16-5-3-10-21(16)15(2)23/h16H,3-13H2,1-2H3/t16-/m1/s1. The molecule has 0 bridgehead atoms. The number of likely N-dealkylation sites (tertiary alicyclic amines) is 3. The van der Waals surface area contributed by atoms with Crippen molar-refractivity contribution in [2.75, 3.05) is 32.7 Å². The van der Waals surface area contributed by atoms with Crippen LogP contribution < -0.4 is 0 Å². The van der Waals surface area contributed by atoms with Crippen molar-refractivity contribution >= 4 is 17.7 Å². The van der Waals surface area contributed by atoms with Gasteiger partial charge in [-0.25, -0.2) is 0 Å². The molecule has 3 fully saturated rings. The van der Waals surface area contributed by atoms with Crippen molar-refractivity contribution in [3.05, 3.63) is 0 Å². The fourth-order valence-corrected chi connectivity index (χ4v) is 4.71. The maximum atomic E-state index is 13.0. The summed E-state index contributed by atoms with van der Waals surface area (Å²) in [6, 6.07) is -0.255. The number of rotatable bonds is 1. The monoisotopic (exact) mass is 335 g/mol. The van der Waals surface area contributed by atoms with Crippen molar-refractivity contribution in [1.82, 2.24) is 14.7 Å². The van der Waals surface area contributed by atoms with Gasteiger partial charge in [0.25, 0.3) is 0 Å². The minimum Gasteiger partial charge on any atom is -0.343 e. The predicted molar refractivity (Wildman–Crippen MR) is 90.1 cm³/mol. The van der Waals surface area contributed by atoms with E-state index < -0.39 is 0 Å². The van der Waals surface area contributed by atoms with Gasteiger partial charge in [-0.15, -0.1) is 0 Å².